The molecule has 1 fully saturated rings. The Morgan fingerprint density at radius 3 is 2.46 bits per heavy atom. The van der Waals surface area contributed by atoms with Crippen LogP contribution in [0.25, 0.3) is 0 Å². The fourth-order valence-corrected chi connectivity index (χ4v) is 2.94. The summed E-state index contributed by atoms with van der Waals surface area (Å²) in [6.07, 6.45) is -1.00. The number of nitrogens with zero attached hydrogens (tertiary/aromatic N) is 1. The van der Waals surface area contributed by atoms with E-state index >= 15 is 0 Å². The highest BCUT2D eigenvalue weighted by atomic mass is 35.5. The van der Waals surface area contributed by atoms with Crippen LogP contribution in [0.3, 0.4) is 0 Å². The number of halogens is 1. The molecule has 2 N–H and O–H groups in total. The standard InChI is InChI=1S/C19H19ClN2O4/c1-19(13-7-9-14(20)10-8-13)17(24)22(18(25)21-19)11-15(23)12-26-16-5-3-2-4-6-16/h2-10,15,23H,11-12H2,1H3,(H,21,25)/t15-,19-/m1/s1. The maximum absolute atomic E-state index is 12.8. The number of carbonyl (C=O) groups excluding carboxylic acids is 2. The van der Waals surface area contributed by atoms with Crippen molar-refractivity contribution in [3.63, 3.8) is 0 Å². The van der Waals surface area contributed by atoms with E-state index in [0.717, 1.165) is 4.90 Å². The van der Waals surface area contributed by atoms with Gasteiger partial charge in [-0.05, 0) is 36.8 Å². The first kappa shape index (κ1) is 18.2. The van der Waals surface area contributed by atoms with Gasteiger partial charge in [-0.15, -0.1) is 0 Å². The highest BCUT2D eigenvalue weighted by molar-refractivity contribution is 6.30. The number of aliphatic hydroxyl groups excluding tert-OH is 1. The normalized spacial score (nSPS) is 20.8. The lowest BCUT2D eigenvalue weighted by Gasteiger charge is -2.23. The fourth-order valence-electron chi connectivity index (χ4n) is 2.81. The van der Waals surface area contributed by atoms with Gasteiger partial charge in [-0.25, -0.2) is 4.79 Å². The summed E-state index contributed by atoms with van der Waals surface area (Å²) in [6.45, 7) is 1.45. The van der Waals surface area contributed by atoms with Gasteiger partial charge in [-0.1, -0.05) is 41.9 Å². The van der Waals surface area contributed by atoms with Crippen molar-refractivity contribution in [2.45, 2.75) is 18.6 Å². The van der Waals surface area contributed by atoms with Gasteiger partial charge in [0.25, 0.3) is 5.91 Å². The molecule has 0 aliphatic carbocycles. The Morgan fingerprint density at radius 1 is 1.15 bits per heavy atom. The second-order valence-electron chi connectivity index (χ2n) is 6.26. The second-order valence-corrected chi connectivity index (χ2v) is 6.69. The Labute approximate surface area is 156 Å². The number of β-amino-alcohol motifs (C(OH)–C–C–N with tert-alkyl or cyclic N) is 1. The van der Waals surface area contributed by atoms with Crippen LogP contribution in [0.1, 0.15) is 12.5 Å². The number of nitrogens with one attached hydrogen (secondary N) is 1. The minimum Gasteiger partial charge on any atom is -0.491 e. The first-order chi connectivity index (χ1) is 12.4. The van der Waals surface area contributed by atoms with Gasteiger partial charge in [0.1, 0.15) is 24.0 Å². The number of carbonyl (C=O) groups is 2. The Balaban J connectivity index is 1.66. The van der Waals surface area contributed by atoms with Crippen LogP contribution in [0.5, 0.6) is 5.75 Å². The first-order valence-corrected chi connectivity index (χ1v) is 8.54. The third-order valence-electron chi connectivity index (χ3n) is 4.28. The average molecular weight is 375 g/mol. The molecule has 1 saturated heterocycles. The zero-order valence-corrected chi connectivity index (χ0v) is 14.9. The summed E-state index contributed by atoms with van der Waals surface area (Å²) < 4.78 is 5.46. The summed E-state index contributed by atoms with van der Waals surface area (Å²) in [7, 11) is 0. The molecule has 2 aromatic carbocycles. The number of rotatable bonds is 6. The van der Waals surface area contributed by atoms with E-state index in [9.17, 15) is 14.7 Å². The summed E-state index contributed by atoms with van der Waals surface area (Å²) in [4.78, 5) is 26.1. The van der Waals surface area contributed by atoms with E-state index in [0.29, 0.717) is 16.3 Å². The Morgan fingerprint density at radius 2 is 1.81 bits per heavy atom. The predicted octanol–water partition coefficient (Wildman–Crippen LogP) is 2.55. The summed E-state index contributed by atoms with van der Waals surface area (Å²) in [5, 5.41) is 13.4. The van der Waals surface area contributed by atoms with Crippen molar-refractivity contribution in [2.24, 2.45) is 0 Å². The summed E-state index contributed by atoms with van der Waals surface area (Å²) in [5.41, 5.74) is -0.570. The van der Waals surface area contributed by atoms with Crippen molar-refractivity contribution in [3.05, 3.63) is 65.2 Å². The number of hydrogen-bond acceptors (Lipinski definition) is 4. The molecular weight excluding hydrogens is 356 g/mol. The van der Waals surface area contributed by atoms with Crippen molar-refractivity contribution in [3.8, 4) is 5.75 Å². The average Bonchev–Trinajstić information content (AvgIpc) is 2.85. The molecule has 6 nitrogen and oxygen atoms in total. The smallest absolute Gasteiger partial charge is 0.325 e. The maximum Gasteiger partial charge on any atom is 0.325 e. The van der Waals surface area contributed by atoms with Gasteiger partial charge in [0.15, 0.2) is 0 Å². The molecule has 1 aliphatic rings. The largest absolute Gasteiger partial charge is 0.491 e. The molecule has 2 atom stereocenters. The van der Waals surface area contributed by atoms with E-state index in [1.54, 1.807) is 43.3 Å². The van der Waals surface area contributed by atoms with Crippen LogP contribution >= 0.6 is 11.6 Å². The molecule has 3 amide bonds. The van der Waals surface area contributed by atoms with Crippen LogP contribution in [-0.2, 0) is 10.3 Å². The molecule has 26 heavy (non-hydrogen) atoms. The highest BCUT2D eigenvalue weighted by Gasteiger charge is 2.49. The quantitative estimate of drug-likeness (QED) is 0.762. The molecule has 7 heteroatoms. The van der Waals surface area contributed by atoms with Gasteiger partial charge < -0.3 is 15.2 Å². The van der Waals surface area contributed by atoms with E-state index in [-0.39, 0.29) is 13.2 Å². The minimum atomic E-state index is -1.19. The lowest BCUT2D eigenvalue weighted by Crippen LogP contribution is -2.42. The molecule has 0 unspecified atom stereocenters. The molecule has 0 aromatic heterocycles. The summed E-state index contributed by atoms with van der Waals surface area (Å²) in [6, 6.07) is 15.2. The van der Waals surface area contributed by atoms with Crippen LogP contribution in [0.2, 0.25) is 5.02 Å². The third kappa shape index (κ3) is 3.66. The van der Waals surface area contributed by atoms with Gasteiger partial charge in [0, 0.05) is 5.02 Å². The molecule has 0 spiro atoms. The SMILES string of the molecule is C[C@]1(c2ccc(Cl)cc2)NC(=O)N(C[C@@H](O)COc2ccccc2)C1=O. The monoisotopic (exact) mass is 374 g/mol. The van der Waals surface area contributed by atoms with Crippen molar-refractivity contribution in [2.75, 3.05) is 13.2 Å². The van der Waals surface area contributed by atoms with Gasteiger partial charge >= 0.3 is 6.03 Å². The molecule has 0 bridgehead atoms. The fraction of sp³-hybridized carbons (Fsp3) is 0.263. The Hall–Kier alpha value is -2.57. The summed E-state index contributed by atoms with van der Waals surface area (Å²) in [5.74, 6) is 0.179. The van der Waals surface area contributed by atoms with Crippen LogP contribution in [0.4, 0.5) is 4.79 Å². The van der Waals surface area contributed by atoms with Crippen molar-refractivity contribution in [1.29, 1.82) is 0 Å². The number of hydrogen-bond donors (Lipinski definition) is 2. The van der Waals surface area contributed by atoms with Crippen molar-refractivity contribution < 1.29 is 19.4 Å². The zero-order chi connectivity index (χ0) is 18.7. The molecular formula is C19H19ClN2O4. The number of imide groups is 1. The third-order valence-corrected chi connectivity index (χ3v) is 4.53. The molecule has 0 radical (unpaired) electrons. The lowest BCUT2D eigenvalue weighted by atomic mass is 9.92. The number of urea groups is 1. The second kappa shape index (κ2) is 7.35. The Kier molecular flexibility index (Phi) is 5.15. The van der Waals surface area contributed by atoms with Gasteiger partial charge in [0.2, 0.25) is 0 Å². The van der Waals surface area contributed by atoms with Crippen LogP contribution in [-0.4, -0.2) is 41.2 Å². The van der Waals surface area contributed by atoms with Gasteiger partial charge in [-0.3, -0.25) is 9.69 Å². The molecule has 3 rings (SSSR count). The molecule has 136 valence electrons. The summed E-state index contributed by atoms with van der Waals surface area (Å²) >= 11 is 5.88. The predicted molar refractivity (Wildman–Crippen MR) is 97.0 cm³/mol. The molecule has 2 aromatic rings. The number of ether oxygens (including phenoxy) is 1. The highest BCUT2D eigenvalue weighted by Crippen LogP contribution is 2.29. The molecule has 1 heterocycles. The van der Waals surface area contributed by atoms with E-state index in [2.05, 4.69) is 5.32 Å². The van der Waals surface area contributed by atoms with Crippen molar-refractivity contribution >= 4 is 23.5 Å². The van der Waals surface area contributed by atoms with E-state index < -0.39 is 23.6 Å². The van der Waals surface area contributed by atoms with Crippen LogP contribution in [0.15, 0.2) is 54.6 Å². The van der Waals surface area contributed by atoms with Crippen LogP contribution in [0, 0.1) is 0 Å². The van der Waals surface area contributed by atoms with E-state index in [4.69, 9.17) is 16.3 Å². The number of aliphatic hydroxyl groups is 1. The van der Waals surface area contributed by atoms with E-state index in [1.807, 2.05) is 18.2 Å². The van der Waals surface area contributed by atoms with Crippen molar-refractivity contribution in [1.82, 2.24) is 10.2 Å². The van der Waals surface area contributed by atoms with Crippen LogP contribution < -0.4 is 10.1 Å². The van der Waals surface area contributed by atoms with E-state index in [1.165, 1.54) is 0 Å². The van der Waals surface area contributed by atoms with Gasteiger partial charge in [0.05, 0.1) is 6.54 Å². The number of amides is 3. The topological polar surface area (TPSA) is 78.9 Å². The zero-order valence-electron chi connectivity index (χ0n) is 14.2. The number of benzene rings is 2. The molecule has 0 saturated carbocycles. The maximum atomic E-state index is 12.8. The number of para-hydroxylation sites is 1. The first-order valence-electron chi connectivity index (χ1n) is 8.16. The molecule has 1 aliphatic heterocycles. The minimum absolute atomic E-state index is 0.0290. The Bertz CT molecular complexity index is 797. The van der Waals surface area contributed by atoms with Gasteiger partial charge in [-0.2, -0.15) is 0 Å². The lowest BCUT2D eigenvalue weighted by molar-refractivity contribution is -0.132.